The summed E-state index contributed by atoms with van der Waals surface area (Å²) in [6.07, 6.45) is 5.12. The Labute approximate surface area is 165 Å². The molecule has 1 aromatic carbocycles. The summed E-state index contributed by atoms with van der Waals surface area (Å²) in [6, 6.07) is 9.61. The minimum absolute atomic E-state index is 0.0774. The minimum atomic E-state index is -0.327. The number of piperidine rings is 1. The molecule has 148 valence electrons. The molecule has 2 aliphatic rings. The molecular weight excluding hydrogens is 354 g/mol. The van der Waals surface area contributed by atoms with E-state index < -0.39 is 0 Å². The number of hydrogen-bond donors (Lipinski definition) is 2. The molecule has 1 atom stereocenters. The maximum atomic E-state index is 12.1. The smallest absolute Gasteiger partial charge is 0.253 e. The number of rotatable bonds is 5. The molecule has 0 bridgehead atoms. The van der Waals surface area contributed by atoms with E-state index in [1.807, 2.05) is 37.3 Å². The van der Waals surface area contributed by atoms with Crippen molar-refractivity contribution in [1.82, 2.24) is 9.97 Å². The van der Waals surface area contributed by atoms with Crippen LogP contribution in [0.5, 0.6) is 0 Å². The number of aryl methyl sites for hydroxylation is 1. The topological polar surface area (TPSA) is 79.4 Å². The summed E-state index contributed by atoms with van der Waals surface area (Å²) in [6.45, 7) is 4.75. The zero-order chi connectivity index (χ0) is 19.3. The van der Waals surface area contributed by atoms with E-state index >= 15 is 0 Å². The zero-order valence-corrected chi connectivity index (χ0v) is 16.3. The lowest BCUT2D eigenvalue weighted by atomic mass is 10.1. The van der Waals surface area contributed by atoms with Gasteiger partial charge < -0.3 is 20.3 Å². The summed E-state index contributed by atoms with van der Waals surface area (Å²) in [5, 5.41) is 6.18. The number of carbonyl (C=O) groups is 1. The van der Waals surface area contributed by atoms with Crippen LogP contribution < -0.4 is 15.5 Å². The molecule has 7 heteroatoms. The lowest BCUT2D eigenvalue weighted by Gasteiger charge is -2.28. The molecule has 0 radical (unpaired) electrons. The number of amides is 1. The van der Waals surface area contributed by atoms with E-state index in [2.05, 4.69) is 20.5 Å². The van der Waals surface area contributed by atoms with Crippen LogP contribution in [0.4, 0.5) is 23.1 Å². The second kappa shape index (κ2) is 8.56. The maximum Gasteiger partial charge on any atom is 0.253 e. The van der Waals surface area contributed by atoms with Crippen molar-refractivity contribution in [2.45, 2.75) is 45.1 Å². The van der Waals surface area contributed by atoms with Crippen molar-refractivity contribution in [2.75, 3.05) is 35.2 Å². The van der Waals surface area contributed by atoms with E-state index in [1.165, 1.54) is 19.3 Å². The van der Waals surface area contributed by atoms with Crippen molar-refractivity contribution in [3.63, 3.8) is 0 Å². The summed E-state index contributed by atoms with van der Waals surface area (Å²) < 4.78 is 5.42. The number of hydrogen-bond acceptors (Lipinski definition) is 6. The molecule has 2 fully saturated rings. The second-order valence-electron chi connectivity index (χ2n) is 7.43. The Bertz CT molecular complexity index is 812. The van der Waals surface area contributed by atoms with Gasteiger partial charge in [-0.2, -0.15) is 4.98 Å². The van der Waals surface area contributed by atoms with Gasteiger partial charge in [0, 0.05) is 42.8 Å². The van der Waals surface area contributed by atoms with E-state index in [4.69, 9.17) is 9.72 Å². The highest BCUT2D eigenvalue weighted by Crippen LogP contribution is 2.23. The summed E-state index contributed by atoms with van der Waals surface area (Å²) in [4.78, 5) is 23.7. The van der Waals surface area contributed by atoms with Crippen LogP contribution in [0.3, 0.4) is 0 Å². The number of carbonyl (C=O) groups excluding carboxylic acids is 1. The van der Waals surface area contributed by atoms with Crippen molar-refractivity contribution < 1.29 is 9.53 Å². The third-order valence-corrected chi connectivity index (χ3v) is 5.15. The lowest BCUT2D eigenvalue weighted by Crippen LogP contribution is -2.30. The molecule has 2 saturated heterocycles. The number of aromatic nitrogens is 2. The number of ether oxygens (including phenoxy) is 1. The van der Waals surface area contributed by atoms with Gasteiger partial charge in [0.2, 0.25) is 5.95 Å². The molecule has 2 aromatic rings. The van der Waals surface area contributed by atoms with Gasteiger partial charge >= 0.3 is 0 Å². The molecule has 28 heavy (non-hydrogen) atoms. The van der Waals surface area contributed by atoms with Gasteiger partial charge in [-0.05, 0) is 63.3 Å². The van der Waals surface area contributed by atoms with Crippen LogP contribution in [0.15, 0.2) is 30.3 Å². The van der Waals surface area contributed by atoms with E-state index in [-0.39, 0.29) is 12.0 Å². The third kappa shape index (κ3) is 4.59. The molecule has 0 aliphatic carbocycles. The van der Waals surface area contributed by atoms with Crippen LogP contribution in [-0.4, -0.2) is 41.7 Å². The number of benzene rings is 1. The molecule has 1 aromatic heterocycles. The maximum absolute atomic E-state index is 12.1. The molecule has 2 aliphatic heterocycles. The lowest BCUT2D eigenvalue weighted by molar-refractivity contribution is -0.124. The van der Waals surface area contributed by atoms with Crippen molar-refractivity contribution in [1.29, 1.82) is 0 Å². The van der Waals surface area contributed by atoms with E-state index in [9.17, 15) is 4.79 Å². The summed E-state index contributed by atoms with van der Waals surface area (Å²) >= 11 is 0. The van der Waals surface area contributed by atoms with E-state index in [0.29, 0.717) is 12.6 Å². The summed E-state index contributed by atoms with van der Waals surface area (Å²) in [7, 11) is 0. The molecule has 0 saturated carbocycles. The fourth-order valence-corrected chi connectivity index (χ4v) is 3.67. The van der Waals surface area contributed by atoms with Crippen molar-refractivity contribution in [3.05, 3.63) is 36.0 Å². The van der Waals surface area contributed by atoms with Gasteiger partial charge in [-0.1, -0.05) is 0 Å². The Morgan fingerprint density at radius 2 is 1.82 bits per heavy atom. The molecule has 1 amide bonds. The first-order chi connectivity index (χ1) is 13.7. The average molecular weight is 381 g/mol. The SMILES string of the molecule is Cc1cc(N2CCCCC2)nc(Nc2ccc(NC(=O)[C@H]3CCCO3)cc2)n1. The van der Waals surface area contributed by atoms with Crippen LogP contribution in [0.1, 0.15) is 37.8 Å². The van der Waals surface area contributed by atoms with Gasteiger partial charge in [0.1, 0.15) is 11.9 Å². The highest BCUT2D eigenvalue weighted by molar-refractivity contribution is 5.94. The molecule has 7 nitrogen and oxygen atoms in total. The molecular formula is C21H27N5O2. The quantitative estimate of drug-likeness (QED) is 0.823. The Morgan fingerprint density at radius 3 is 2.54 bits per heavy atom. The Morgan fingerprint density at radius 1 is 1.07 bits per heavy atom. The first-order valence-electron chi connectivity index (χ1n) is 10.1. The Kier molecular flexibility index (Phi) is 5.71. The van der Waals surface area contributed by atoms with E-state index in [1.54, 1.807) is 0 Å². The van der Waals surface area contributed by atoms with Crippen LogP contribution in [0.25, 0.3) is 0 Å². The summed E-state index contributed by atoms with van der Waals surface area (Å²) in [5.41, 5.74) is 2.58. The largest absolute Gasteiger partial charge is 0.368 e. The predicted molar refractivity (Wildman–Crippen MR) is 110 cm³/mol. The van der Waals surface area contributed by atoms with Crippen molar-refractivity contribution in [2.24, 2.45) is 0 Å². The minimum Gasteiger partial charge on any atom is -0.368 e. The van der Waals surface area contributed by atoms with Crippen LogP contribution >= 0.6 is 0 Å². The number of nitrogens with zero attached hydrogens (tertiary/aromatic N) is 3. The van der Waals surface area contributed by atoms with Gasteiger partial charge in [0.25, 0.3) is 5.91 Å². The first-order valence-corrected chi connectivity index (χ1v) is 10.1. The highest BCUT2D eigenvalue weighted by Gasteiger charge is 2.23. The normalized spacial score (nSPS) is 19.5. The van der Waals surface area contributed by atoms with Gasteiger partial charge in [0.15, 0.2) is 0 Å². The molecule has 0 unspecified atom stereocenters. The van der Waals surface area contributed by atoms with Gasteiger partial charge in [0.05, 0.1) is 0 Å². The van der Waals surface area contributed by atoms with Gasteiger partial charge in [-0.15, -0.1) is 0 Å². The monoisotopic (exact) mass is 381 g/mol. The van der Waals surface area contributed by atoms with Gasteiger partial charge in [-0.3, -0.25) is 4.79 Å². The average Bonchev–Trinajstić information content (AvgIpc) is 3.25. The summed E-state index contributed by atoms with van der Waals surface area (Å²) in [5.74, 6) is 1.50. The predicted octanol–water partition coefficient (Wildman–Crippen LogP) is 3.64. The molecule has 4 rings (SSSR count). The standard InChI is InChI=1S/C21H27N5O2/c1-15-14-19(26-11-3-2-4-12-26)25-21(22-15)24-17-9-7-16(8-10-17)23-20(27)18-6-5-13-28-18/h7-10,14,18H,2-6,11-13H2,1H3,(H,23,27)(H,22,24,25)/t18-/m1/s1. The molecule has 2 N–H and O–H groups in total. The molecule has 3 heterocycles. The highest BCUT2D eigenvalue weighted by atomic mass is 16.5. The third-order valence-electron chi connectivity index (χ3n) is 5.15. The van der Waals surface area contributed by atoms with Crippen molar-refractivity contribution >= 4 is 29.0 Å². The van der Waals surface area contributed by atoms with Crippen LogP contribution in [-0.2, 0) is 9.53 Å². The Hall–Kier alpha value is -2.67. The second-order valence-corrected chi connectivity index (χ2v) is 7.43. The van der Waals surface area contributed by atoms with Crippen LogP contribution in [0.2, 0.25) is 0 Å². The molecule has 0 spiro atoms. The van der Waals surface area contributed by atoms with Gasteiger partial charge in [-0.25, -0.2) is 4.98 Å². The fourth-order valence-electron chi connectivity index (χ4n) is 3.67. The Balaban J connectivity index is 1.41. The first kappa shape index (κ1) is 18.7. The number of anilines is 4. The van der Waals surface area contributed by atoms with Crippen LogP contribution in [0, 0.1) is 6.92 Å². The number of nitrogens with one attached hydrogen (secondary N) is 2. The zero-order valence-electron chi connectivity index (χ0n) is 16.3. The van der Waals surface area contributed by atoms with E-state index in [0.717, 1.165) is 48.8 Å². The fraction of sp³-hybridized carbons (Fsp3) is 0.476. The van der Waals surface area contributed by atoms with Crippen molar-refractivity contribution in [3.8, 4) is 0 Å².